The third-order valence-electron chi connectivity index (χ3n) is 4.91. The summed E-state index contributed by atoms with van der Waals surface area (Å²) in [5.41, 5.74) is 13.8. The lowest BCUT2D eigenvalue weighted by atomic mass is 9.93. The first-order valence-corrected chi connectivity index (χ1v) is 8.17. The maximum absolute atomic E-state index is 6.55. The van der Waals surface area contributed by atoms with Crippen molar-refractivity contribution < 1.29 is 0 Å². The molecule has 2 aromatic carbocycles. The van der Waals surface area contributed by atoms with Crippen LogP contribution < -0.4 is 5.73 Å². The van der Waals surface area contributed by atoms with Crippen molar-refractivity contribution >= 4 is 0 Å². The van der Waals surface area contributed by atoms with Gasteiger partial charge in [0, 0.05) is 6.04 Å². The molecule has 0 amide bonds. The first-order valence-electron chi connectivity index (χ1n) is 8.17. The van der Waals surface area contributed by atoms with Crippen molar-refractivity contribution in [2.75, 3.05) is 0 Å². The van der Waals surface area contributed by atoms with E-state index in [-0.39, 0.29) is 6.04 Å². The lowest BCUT2D eigenvalue weighted by Crippen LogP contribution is -2.19. The molecule has 0 aliphatic heterocycles. The molecule has 1 heteroatoms. The fourth-order valence-corrected chi connectivity index (χ4v) is 3.68. The molecule has 0 saturated heterocycles. The summed E-state index contributed by atoms with van der Waals surface area (Å²) in [6.07, 6.45) is 4.43. The predicted molar refractivity (Wildman–Crippen MR) is 89.5 cm³/mol. The highest BCUT2D eigenvalue weighted by Crippen LogP contribution is 2.38. The van der Waals surface area contributed by atoms with Gasteiger partial charge in [-0.05, 0) is 59.4 Å². The van der Waals surface area contributed by atoms with Crippen LogP contribution >= 0.6 is 0 Å². The first kappa shape index (κ1) is 14.3. The van der Waals surface area contributed by atoms with E-state index in [1.807, 2.05) is 0 Å². The van der Waals surface area contributed by atoms with Crippen molar-refractivity contribution in [2.45, 2.75) is 45.6 Å². The van der Waals surface area contributed by atoms with E-state index in [2.05, 4.69) is 56.3 Å². The van der Waals surface area contributed by atoms with Crippen LogP contribution in [0.3, 0.4) is 0 Å². The molecule has 0 heterocycles. The van der Waals surface area contributed by atoms with Crippen LogP contribution in [0, 0.1) is 5.92 Å². The van der Waals surface area contributed by atoms with E-state index in [4.69, 9.17) is 5.73 Å². The number of fused-ring (bicyclic) bond motifs is 1. The number of benzene rings is 2. The van der Waals surface area contributed by atoms with Gasteiger partial charge in [0.2, 0.25) is 0 Å². The zero-order valence-corrected chi connectivity index (χ0v) is 13.1. The summed E-state index contributed by atoms with van der Waals surface area (Å²) in [5.74, 6) is 0.541. The number of aryl methyl sites for hydroxylation is 2. The lowest BCUT2D eigenvalue weighted by molar-refractivity contribution is 0.465. The van der Waals surface area contributed by atoms with Crippen LogP contribution in [-0.2, 0) is 25.7 Å². The average Bonchev–Trinajstić information content (AvgIpc) is 2.82. The molecule has 0 aromatic heterocycles. The summed E-state index contributed by atoms with van der Waals surface area (Å²) in [6.45, 7) is 4.49. The topological polar surface area (TPSA) is 26.0 Å². The highest BCUT2D eigenvalue weighted by Gasteiger charge is 2.30. The SMILES string of the molecule is CCc1cc2c(cc1CC)C(N)C(Cc1ccccc1)C2. The van der Waals surface area contributed by atoms with Gasteiger partial charge in [0.25, 0.3) is 0 Å². The Hall–Kier alpha value is -1.60. The third kappa shape index (κ3) is 2.75. The number of nitrogens with two attached hydrogens (primary N) is 1. The minimum atomic E-state index is 0.191. The largest absolute Gasteiger partial charge is 0.324 e. The molecule has 0 radical (unpaired) electrons. The monoisotopic (exact) mass is 279 g/mol. The molecule has 21 heavy (non-hydrogen) atoms. The summed E-state index contributed by atoms with van der Waals surface area (Å²) in [6, 6.07) is 15.7. The van der Waals surface area contributed by atoms with Gasteiger partial charge >= 0.3 is 0 Å². The van der Waals surface area contributed by atoms with E-state index in [0.29, 0.717) is 5.92 Å². The summed E-state index contributed by atoms with van der Waals surface area (Å²) in [4.78, 5) is 0. The van der Waals surface area contributed by atoms with Crippen LogP contribution in [0.1, 0.15) is 47.7 Å². The normalized spacial score (nSPS) is 20.5. The van der Waals surface area contributed by atoms with E-state index in [0.717, 1.165) is 25.7 Å². The number of hydrogen-bond acceptors (Lipinski definition) is 1. The van der Waals surface area contributed by atoms with Gasteiger partial charge in [-0.1, -0.05) is 56.3 Å². The van der Waals surface area contributed by atoms with Gasteiger partial charge in [-0.25, -0.2) is 0 Å². The molecule has 0 spiro atoms. The molecule has 3 rings (SSSR count). The van der Waals surface area contributed by atoms with Gasteiger partial charge < -0.3 is 5.73 Å². The van der Waals surface area contributed by atoms with Crippen LogP contribution in [0.2, 0.25) is 0 Å². The van der Waals surface area contributed by atoms with Crippen molar-refractivity contribution in [3.05, 3.63) is 70.3 Å². The fourth-order valence-electron chi connectivity index (χ4n) is 3.68. The Kier molecular flexibility index (Phi) is 4.12. The van der Waals surface area contributed by atoms with Crippen LogP contribution in [-0.4, -0.2) is 0 Å². The molecule has 1 aliphatic rings. The van der Waals surface area contributed by atoms with Crippen LogP contribution in [0.4, 0.5) is 0 Å². The molecule has 1 nitrogen and oxygen atoms in total. The summed E-state index contributed by atoms with van der Waals surface area (Å²) in [5, 5.41) is 0. The van der Waals surface area contributed by atoms with Gasteiger partial charge in [0.1, 0.15) is 0 Å². The second kappa shape index (κ2) is 6.03. The third-order valence-corrected chi connectivity index (χ3v) is 4.91. The zero-order valence-electron chi connectivity index (χ0n) is 13.1. The Morgan fingerprint density at radius 2 is 1.67 bits per heavy atom. The van der Waals surface area contributed by atoms with Crippen LogP contribution in [0.25, 0.3) is 0 Å². The van der Waals surface area contributed by atoms with Crippen molar-refractivity contribution in [3.8, 4) is 0 Å². The highest BCUT2D eigenvalue weighted by molar-refractivity contribution is 5.44. The summed E-state index contributed by atoms with van der Waals surface area (Å²) in [7, 11) is 0. The van der Waals surface area contributed by atoms with Crippen molar-refractivity contribution in [1.29, 1.82) is 0 Å². The fraction of sp³-hybridized carbons (Fsp3) is 0.400. The zero-order chi connectivity index (χ0) is 14.8. The lowest BCUT2D eigenvalue weighted by Gasteiger charge is -2.16. The van der Waals surface area contributed by atoms with Crippen molar-refractivity contribution in [3.63, 3.8) is 0 Å². The van der Waals surface area contributed by atoms with Gasteiger partial charge in [-0.3, -0.25) is 0 Å². The second-order valence-corrected chi connectivity index (χ2v) is 6.21. The van der Waals surface area contributed by atoms with Gasteiger partial charge in [-0.2, -0.15) is 0 Å². The molecule has 0 fully saturated rings. The first-order chi connectivity index (χ1) is 10.2. The Balaban J connectivity index is 1.86. The number of rotatable bonds is 4. The molecule has 2 N–H and O–H groups in total. The van der Waals surface area contributed by atoms with Crippen molar-refractivity contribution in [2.24, 2.45) is 11.7 Å². The quantitative estimate of drug-likeness (QED) is 0.890. The molecule has 110 valence electrons. The molecule has 2 atom stereocenters. The summed E-state index contributed by atoms with van der Waals surface area (Å²) >= 11 is 0. The minimum absolute atomic E-state index is 0.191. The molecular weight excluding hydrogens is 254 g/mol. The van der Waals surface area contributed by atoms with E-state index in [1.54, 1.807) is 0 Å². The Bertz CT molecular complexity index is 615. The molecule has 1 aliphatic carbocycles. The van der Waals surface area contributed by atoms with Crippen LogP contribution in [0.15, 0.2) is 42.5 Å². The Labute approximate surface area is 128 Å². The maximum atomic E-state index is 6.55. The smallest absolute Gasteiger partial charge is 0.0332 e. The van der Waals surface area contributed by atoms with E-state index in [9.17, 15) is 0 Å². The standard InChI is InChI=1S/C20H25N/c1-3-15-11-17-12-18(10-14-8-6-5-7-9-14)20(21)19(17)13-16(15)4-2/h5-9,11,13,18,20H,3-4,10,12,21H2,1-2H3. The van der Waals surface area contributed by atoms with E-state index < -0.39 is 0 Å². The second-order valence-electron chi connectivity index (χ2n) is 6.21. The maximum Gasteiger partial charge on any atom is 0.0332 e. The van der Waals surface area contributed by atoms with Gasteiger partial charge in [0.05, 0.1) is 0 Å². The Morgan fingerprint density at radius 1 is 1.00 bits per heavy atom. The van der Waals surface area contributed by atoms with Crippen molar-refractivity contribution in [1.82, 2.24) is 0 Å². The van der Waals surface area contributed by atoms with E-state index in [1.165, 1.54) is 27.8 Å². The molecular formula is C20H25N. The van der Waals surface area contributed by atoms with Gasteiger partial charge in [-0.15, -0.1) is 0 Å². The average molecular weight is 279 g/mol. The number of hydrogen-bond donors (Lipinski definition) is 1. The van der Waals surface area contributed by atoms with E-state index >= 15 is 0 Å². The van der Waals surface area contributed by atoms with Gasteiger partial charge in [0.15, 0.2) is 0 Å². The highest BCUT2D eigenvalue weighted by atomic mass is 14.7. The predicted octanol–water partition coefficient (Wildman–Crippen LogP) is 4.23. The summed E-state index contributed by atoms with van der Waals surface area (Å²) < 4.78 is 0. The molecule has 0 saturated carbocycles. The molecule has 0 bridgehead atoms. The minimum Gasteiger partial charge on any atom is -0.324 e. The van der Waals surface area contributed by atoms with Crippen LogP contribution in [0.5, 0.6) is 0 Å². The Morgan fingerprint density at radius 3 is 2.33 bits per heavy atom. The molecule has 2 aromatic rings. The molecule has 2 unspecified atom stereocenters.